The molecule has 2 aromatic carbocycles. The predicted molar refractivity (Wildman–Crippen MR) is 110 cm³/mol. The molecule has 0 bridgehead atoms. The molecule has 6 nitrogen and oxygen atoms in total. The summed E-state index contributed by atoms with van der Waals surface area (Å²) in [6, 6.07) is 16.6. The number of carbonyl (C=O) groups excluding carboxylic acids is 3. The van der Waals surface area contributed by atoms with E-state index in [2.05, 4.69) is 10.6 Å². The average molecular weight is 385 g/mol. The van der Waals surface area contributed by atoms with E-state index in [0.717, 1.165) is 11.3 Å². The second kappa shape index (κ2) is 10.4. The quantitative estimate of drug-likeness (QED) is 0.732. The SMILES string of the molecule is Cc1cccc(NC(=O)CSCC(=O)N(C)CC(=O)Nc2ccccc2)c1. The Kier molecular flexibility index (Phi) is 7.88. The first-order valence-corrected chi connectivity index (χ1v) is 9.62. The van der Waals surface area contributed by atoms with Gasteiger partial charge < -0.3 is 15.5 Å². The van der Waals surface area contributed by atoms with Crippen molar-refractivity contribution in [1.82, 2.24) is 4.90 Å². The molecule has 2 rings (SSSR count). The van der Waals surface area contributed by atoms with Crippen molar-refractivity contribution in [1.29, 1.82) is 0 Å². The van der Waals surface area contributed by atoms with Crippen LogP contribution in [-0.2, 0) is 14.4 Å². The smallest absolute Gasteiger partial charge is 0.243 e. The van der Waals surface area contributed by atoms with Gasteiger partial charge in [-0.1, -0.05) is 30.3 Å². The number of amides is 3. The van der Waals surface area contributed by atoms with E-state index in [4.69, 9.17) is 0 Å². The molecule has 27 heavy (non-hydrogen) atoms. The molecule has 0 saturated heterocycles. The van der Waals surface area contributed by atoms with Gasteiger partial charge in [-0.3, -0.25) is 14.4 Å². The molecule has 0 spiro atoms. The first-order valence-electron chi connectivity index (χ1n) is 8.47. The van der Waals surface area contributed by atoms with Crippen LogP contribution in [0.2, 0.25) is 0 Å². The van der Waals surface area contributed by atoms with Crippen LogP contribution < -0.4 is 10.6 Å². The zero-order valence-electron chi connectivity index (χ0n) is 15.4. The van der Waals surface area contributed by atoms with Gasteiger partial charge in [0.05, 0.1) is 18.1 Å². The Morgan fingerprint density at radius 2 is 1.56 bits per heavy atom. The second-order valence-electron chi connectivity index (χ2n) is 6.07. The van der Waals surface area contributed by atoms with Crippen molar-refractivity contribution in [2.45, 2.75) is 6.92 Å². The van der Waals surface area contributed by atoms with Crippen LogP contribution in [0, 0.1) is 6.92 Å². The Bertz CT molecular complexity index is 796. The maximum Gasteiger partial charge on any atom is 0.243 e. The lowest BCUT2D eigenvalue weighted by Gasteiger charge is -2.16. The van der Waals surface area contributed by atoms with Crippen LogP contribution >= 0.6 is 11.8 Å². The molecular formula is C20H23N3O3S. The van der Waals surface area contributed by atoms with Crippen LogP contribution in [0.5, 0.6) is 0 Å². The fourth-order valence-corrected chi connectivity index (χ4v) is 3.04. The number of anilines is 2. The summed E-state index contributed by atoms with van der Waals surface area (Å²) in [5.74, 6) is -0.325. The Hall–Kier alpha value is -2.80. The van der Waals surface area contributed by atoms with Gasteiger partial charge in [0.1, 0.15) is 0 Å². The third kappa shape index (κ3) is 7.53. The topological polar surface area (TPSA) is 78.5 Å². The molecule has 0 fully saturated rings. The molecule has 2 N–H and O–H groups in total. The second-order valence-corrected chi connectivity index (χ2v) is 7.06. The fourth-order valence-electron chi connectivity index (χ4n) is 2.29. The molecule has 0 atom stereocenters. The highest BCUT2D eigenvalue weighted by Gasteiger charge is 2.14. The number of benzene rings is 2. The molecule has 0 unspecified atom stereocenters. The van der Waals surface area contributed by atoms with E-state index in [0.29, 0.717) is 5.69 Å². The Balaban J connectivity index is 1.68. The Morgan fingerprint density at radius 1 is 0.889 bits per heavy atom. The summed E-state index contributed by atoms with van der Waals surface area (Å²) in [6.07, 6.45) is 0. The van der Waals surface area contributed by atoms with Gasteiger partial charge in [-0.05, 0) is 36.8 Å². The molecule has 0 aliphatic heterocycles. The van der Waals surface area contributed by atoms with Crippen molar-refractivity contribution in [3.63, 3.8) is 0 Å². The summed E-state index contributed by atoms with van der Waals surface area (Å²) in [5.41, 5.74) is 2.48. The summed E-state index contributed by atoms with van der Waals surface area (Å²) in [5, 5.41) is 5.53. The van der Waals surface area contributed by atoms with Crippen molar-refractivity contribution in [3.8, 4) is 0 Å². The summed E-state index contributed by atoms with van der Waals surface area (Å²) in [7, 11) is 1.57. The predicted octanol–water partition coefficient (Wildman–Crippen LogP) is 2.76. The molecule has 2 aromatic rings. The van der Waals surface area contributed by atoms with Gasteiger partial charge in [0.25, 0.3) is 0 Å². The van der Waals surface area contributed by atoms with Crippen LogP contribution in [0.4, 0.5) is 11.4 Å². The van der Waals surface area contributed by atoms with Crippen molar-refractivity contribution < 1.29 is 14.4 Å². The zero-order chi connectivity index (χ0) is 19.6. The van der Waals surface area contributed by atoms with Gasteiger partial charge in [-0.15, -0.1) is 11.8 Å². The van der Waals surface area contributed by atoms with Gasteiger partial charge >= 0.3 is 0 Å². The minimum atomic E-state index is -0.265. The highest BCUT2D eigenvalue weighted by molar-refractivity contribution is 8.00. The van der Waals surface area contributed by atoms with E-state index >= 15 is 0 Å². The van der Waals surface area contributed by atoms with E-state index in [1.165, 1.54) is 16.7 Å². The van der Waals surface area contributed by atoms with E-state index in [-0.39, 0.29) is 35.8 Å². The molecular weight excluding hydrogens is 362 g/mol. The summed E-state index contributed by atoms with van der Waals surface area (Å²) >= 11 is 1.22. The van der Waals surface area contributed by atoms with Gasteiger partial charge in [0, 0.05) is 18.4 Å². The number of carbonyl (C=O) groups is 3. The van der Waals surface area contributed by atoms with Gasteiger partial charge in [0.2, 0.25) is 17.7 Å². The van der Waals surface area contributed by atoms with Crippen LogP contribution in [-0.4, -0.2) is 47.7 Å². The van der Waals surface area contributed by atoms with E-state index in [1.807, 2.05) is 49.4 Å². The monoisotopic (exact) mass is 385 g/mol. The van der Waals surface area contributed by atoms with Crippen LogP contribution in [0.3, 0.4) is 0 Å². The number of para-hydroxylation sites is 1. The van der Waals surface area contributed by atoms with E-state index in [9.17, 15) is 14.4 Å². The number of thioether (sulfide) groups is 1. The molecule has 0 aromatic heterocycles. The van der Waals surface area contributed by atoms with Crippen molar-refractivity contribution in [3.05, 3.63) is 60.2 Å². The number of nitrogens with one attached hydrogen (secondary N) is 2. The lowest BCUT2D eigenvalue weighted by molar-refractivity contribution is -0.131. The largest absolute Gasteiger partial charge is 0.336 e. The van der Waals surface area contributed by atoms with E-state index < -0.39 is 0 Å². The van der Waals surface area contributed by atoms with Crippen LogP contribution in [0.1, 0.15) is 5.56 Å². The fraction of sp³-hybridized carbons (Fsp3) is 0.250. The summed E-state index contributed by atoms with van der Waals surface area (Å²) in [4.78, 5) is 37.4. The number of hydrogen-bond acceptors (Lipinski definition) is 4. The lowest BCUT2D eigenvalue weighted by Crippen LogP contribution is -2.36. The number of nitrogens with zero attached hydrogens (tertiary/aromatic N) is 1. The normalized spacial score (nSPS) is 10.1. The maximum atomic E-state index is 12.1. The third-order valence-electron chi connectivity index (χ3n) is 3.62. The van der Waals surface area contributed by atoms with Crippen molar-refractivity contribution >= 4 is 40.9 Å². The Morgan fingerprint density at radius 3 is 2.26 bits per heavy atom. The first kappa shape index (κ1) is 20.5. The molecule has 0 aliphatic rings. The third-order valence-corrected chi connectivity index (χ3v) is 4.54. The van der Waals surface area contributed by atoms with E-state index in [1.54, 1.807) is 19.2 Å². The number of rotatable bonds is 8. The highest BCUT2D eigenvalue weighted by atomic mass is 32.2. The van der Waals surface area contributed by atoms with Crippen LogP contribution in [0.15, 0.2) is 54.6 Å². The van der Waals surface area contributed by atoms with Gasteiger partial charge in [-0.2, -0.15) is 0 Å². The lowest BCUT2D eigenvalue weighted by atomic mass is 10.2. The zero-order valence-corrected chi connectivity index (χ0v) is 16.2. The summed E-state index contributed by atoms with van der Waals surface area (Å²) < 4.78 is 0. The minimum absolute atomic E-state index is 0.0379. The van der Waals surface area contributed by atoms with Crippen molar-refractivity contribution in [2.75, 3.05) is 35.7 Å². The Labute approximate surface area is 163 Å². The number of hydrogen-bond donors (Lipinski definition) is 2. The summed E-state index contributed by atoms with van der Waals surface area (Å²) in [6.45, 7) is 1.91. The highest BCUT2D eigenvalue weighted by Crippen LogP contribution is 2.11. The maximum absolute atomic E-state index is 12.1. The molecule has 0 radical (unpaired) electrons. The molecule has 0 aliphatic carbocycles. The number of likely N-dealkylation sites (N-methyl/N-ethyl adjacent to an activating group) is 1. The number of aryl methyl sites for hydroxylation is 1. The van der Waals surface area contributed by atoms with Gasteiger partial charge in [-0.25, -0.2) is 0 Å². The molecule has 0 saturated carbocycles. The average Bonchev–Trinajstić information content (AvgIpc) is 2.62. The molecule has 7 heteroatoms. The van der Waals surface area contributed by atoms with Crippen LogP contribution in [0.25, 0.3) is 0 Å². The standard InChI is InChI=1S/C20H23N3O3S/c1-15-7-6-10-17(11-15)22-19(25)13-27-14-20(26)23(2)12-18(24)21-16-8-4-3-5-9-16/h3-11H,12-14H2,1-2H3,(H,21,24)(H,22,25). The first-order chi connectivity index (χ1) is 12.9. The van der Waals surface area contributed by atoms with Crippen molar-refractivity contribution in [2.24, 2.45) is 0 Å². The molecule has 0 heterocycles. The molecule has 3 amide bonds. The minimum Gasteiger partial charge on any atom is -0.336 e. The van der Waals surface area contributed by atoms with Gasteiger partial charge in [0.15, 0.2) is 0 Å². The molecule has 142 valence electrons.